The predicted octanol–water partition coefficient (Wildman–Crippen LogP) is 3.29. The van der Waals surface area contributed by atoms with Crippen LogP contribution in [0.2, 0.25) is 0 Å². The molecule has 0 saturated carbocycles. The van der Waals surface area contributed by atoms with E-state index in [1.165, 1.54) is 0 Å². The molecule has 0 spiro atoms. The van der Waals surface area contributed by atoms with Gasteiger partial charge in [-0.15, -0.1) is 0 Å². The number of aliphatic imine (C=N–C) groups is 1. The molecule has 0 fully saturated rings. The number of benzene rings is 1. The lowest BCUT2D eigenvalue weighted by Gasteiger charge is -2.10. The van der Waals surface area contributed by atoms with Crippen molar-refractivity contribution in [3.05, 3.63) is 47.2 Å². The number of carbonyl (C=O) groups excluding carboxylic acids is 1. The van der Waals surface area contributed by atoms with Crippen molar-refractivity contribution in [3.63, 3.8) is 0 Å². The largest absolute Gasteiger partial charge is 0.444 e. The molecule has 0 aliphatic carbocycles. The van der Waals surface area contributed by atoms with Crippen LogP contribution in [0.5, 0.6) is 0 Å². The Hall–Kier alpha value is -2.83. The van der Waals surface area contributed by atoms with Crippen LogP contribution >= 0.6 is 0 Å². The van der Waals surface area contributed by atoms with Crippen molar-refractivity contribution in [2.75, 3.05) is 11.9 Å². The Balaban J connectivity index is 1.98. The standard InChI is InChI=1S/C20H29N5O2/c1-5-8-18(26)25-17-10-7-9-16(11-17)12-22-20(21-6-2)23-13-19-24-14(3)15(4)27-19/h7,9-11H,5-6,8,12-13H2,1-4H3,(H,25,26)(H2,21,22,23). The van der Waals surface area contributed by atoms with Crippen molar-refractivity contribution in [2.24, 2.45) is 4.99 Å². The molecule has 27 heavy (non-hydrogen) atoms. The molecule has 0 saturated heterocycles. The Labute approximate surface area is 160 Å². The molecule has 146 valence electrons. The molecule has 3 N–H and O–H groups in total. The number of hydrogen-bond donors (Lipinski definition) is 3. The van der Waals surface area contributed by atoms with E-state index in [0.717, 1.165) is 35.7 Å². The van der Waals surface area contributed by atoms with Gasteiger partial charge < -0.3 is 20.4 Å². The highest BCUT2D eigenvalue weighted by Crippen LogP contribution is 2.12. The topological polar surface area (TPSA) is 91.5 Å². The average Bonchev–Trinajstić information content (AvgIpc) is 2.96. The Bertz CT molecular complexity index is 763. The number of nitrogens with one attached hydrogen (secondary N) is 3. The molecule has 0 unspecified atom stereocenters. The maximum absolute atomic E-state index is 11.7. The fraction of sp³-hybridized carbons (Fsp3) is 0.450. The first-order chi connectivity index (χ1) is 13.0. The molecule has 1 aromatic carbocycles. The van der Waals surface area contributed by atoms with Gasteiger partial charge in [0.15, 0.2) is 5.96 Å². The molecule has 0 atom stereocenters. The summed E-state index contributed by atoms with van der Waals surface area (Å²) in [5.74, 6) is 2.18. The van der Waals surface area contributed by atoms with E-state index in [9.17, 15) is 4.79 Å². The third-order valence-electron chi connectivity index (χ3n) is 3.93. The fourth-order valence-corrected chi connectivity index (χ4v) is 2.48. The summed E-state index contributed by atoms with van der Waals surface area (Å²) in [4.78, 5) is 20.7. The van der Waals surface area contributed by atoms with Crippen molar-refractivity contribution in [2.45, 2.75) is 53.6 Å². The first-order valence-electron chi connectivity index (χ1n) is 9.35. The van der Waals surface area contributed by atoms with Crippen LogP contribution in [0.4, 0.5) is 5.69 Å². The van der Waals surface area contributed by atoms with Gasteiger partial charge in [-0.2, -0.15) is 0 Å². The van der Waals surface area contributed by atoms with Crippen LogP contribution < -0.4 is 16.0 Å². The molecule has 0 radical (unpaired) electrons. The molecular formula is C20H29N5O2. The van der Waals surface area contributed by atoms with Gasteiger partial charge >= 0.3 is 0 Å². The van der Waals surface area contributed by atoms with Gasteiger partial charge in [0.2, 0.25) is 11.8 Å². The second-order valence-electron chi connectivity index (χ2n) is 6.30. The van der Waals surface area contributed by atoms with E-state index in [4.69, 9.17) is 4.42 Å². The molecule has 7 heteroatoms. The molecule has 1 amide bonds. The highest BCUT2D eigenvalue weighted by atomic mass is 16.4. The third-order valence-corrected chi connectivity index (χ3v) is 3.93. The van der Waals surface area contributed by atoms with Gasteiger partial charge in [0.25, 0.3) is 0 Å². The van der Waals surface area contributed by atoms with Gasteiger partial charge in [-0.25, -0.2) is 9.98 Å². The van der Waals surface area contributed by atoms with Crippen LogP contribution in [0, 0.1) is 13.8 Å². The maximum atomic E-state index is 11.7. The minimum absolute atomic E-state index is 0.0321. The van der Waals surface area contributed by atoms with Gasteiger partial charge in [-0.05, 0) is 44.9 Å². The monoisotopic (exact) mass is 371 g/mol. The summed E-state index contributed by atoms with van der Waals surface area (Å²) in [7, 11) is 0. The smallest absolute Gasteiger partial charge is 0.224 e. The molecule has 1 aromatic heterocycles. The Morgan fingerprint density at radius 1 is 1.22 bits per heavy atom. The molecule has 2 aromatic rings. The van der Waals surface area contributed by atoms with Gasteiger partial charge in [0.1, 0.15) is 5.76 Å². The minimum atomic E-state index is 0.0321. The predicted molar refractivity (Wildman–Crippen MR) is 108 cm³/mol. The highest BCUT2D eigenvalue weighted by Gasteiger charge is 2.07. The lowest BCUT2D eigenvalue weighted by Crippen LogP contribution is -2.36. The van der Waals surface area contributed by atoms with Crippen molar-refractivity contribution >= 4 is 17.6 Å². The Kier molecular flexibility index (Phi) is 7.85. The van der Waals surface area contributed by atoms with Crippen molar-refractivity contribution in [1.82, 2.24) is 15.6 Å². The van der Waals surface area contributed by atoms with Crippen molar-refractivity contribution < 1.29 is 9.21 Å². The van der Waals surface area contributed by atoms with Crippen LogP contribution in [-0.4, -0.2) is 23.4 Å². The first kappa shape index (κ1) is 20.5. The number of carbonyl (C=O) groups is 1. The summed E-state index contributed by atoms with van der Waals surface area (Å²) < 4.78 is 5.58. The van der Waals surface area contributed by atoms with Crippen LogP contribution in [0.15, 0.2) is 33.7 Å². The number of anilines is 1. The number of amides is 1. The number of aromatic nitrogens is 1. The second kappa shape index (κ2) is 10.4. The van der Waals surface area contributed by atoms with E-state index < -0.39 is 0 Å². The average molecular weight is 371 g/mol. The lowest BCUT2D eigenvalue weighted by molar-refractivity contribution is -0.116. The van der Waals surface area contributed by atoms with Crippen molar-refractivity contribution in [3.8, 4) is 0 Å². The molecular weight excluding hydrogens is 342 g/mol. The summed E-state index contributed by atoms with van der Waals surface area (Å²) in [6, 6.07) is 7.74. The fourth-order valence-electron chi connectivity index (χ4n) is 2.48. The first-order valence-corrected chi connectivity index (χ1v) is 9.35. The number of aryl methyl sites for hydroxylation is 2. The van der Waals surface area contributed by atoms with E-state index in [1.54, 1.807) is 0 Å². The molecule has 0 aliphatic rings. The van der Waals surface area contributed by atoms with Crippen molar-refractivity contribution in [1.29, 1.82) is 0 Å². The number of rotatable bonds is 8. The van der Waals surface area contributed by atoms with Gasteiger partial charge in [0.05, 0.1) is 18.8 Å². The number of guanidine groups is 1. The Morgan fingerprint density at radius 3 is 2.70 bits per heavy atom. The number of nitrogens with zero attached hydrogens (tertiary/aromatic N) is 2. The minimum Gasteiger partial charge on any atom is -0.444 e. The summed E-state index contributed by atoms with van der Waals surface area (Å²) in [6.07, 6.45) is 1.35. The second-order valence-corrected chi connectivity index (χ2v) is 6.30. The van der Waals surface area contributed by atoms with Gasteiger partial charge in [-0.3, -0.25) is 4.79 Å². The number of hydrogen-bond acceptors (Lipinski definition) is 4. The zero-order chi connectivity index (χ0) is 19.6. The van der Waals surface area contributed by atoms with Crippen LogP contribution in [0.3, 0.4) is 0 Å². The number of oxazole rings is 1. The van der Waals surface area contributed by atoms with E-state index in [0.29, 0.717) is 31.4 Å². The molecule has 0 aliphatic heterocycles. The summed E-state index contributed by atoms with van der Waals surface area (Å²) in [5, 5.41) is 9.34. The Morgan fingerprint density at radius 2 is 2.04 bits per heavy atom. The van der Waals surface area contributed by atoms with Gasteiger partial charge in [0, 0.05) is 18.7 Å². The zero-order valence-electron chi connectivity index (χ0n) is 16.6. The third kappa shape index (κ3) is 6.77. The summed E-state index contributed by atoms with van der Waals surface area (Å²) >= 11 is 0. The summed E-state index contributed by atoms with van der Waals surface area (Å²) in [6.45, 7) is 9.54. The zero-order valence-corrected chi connectivity index (χ0v) is 16.6. The SMILES string of the molecule is CCCC(=O)Nc1cccc(CN=C(NCC)NCc2nc(C)c(C)o2)c1. The normalized spacial score (nSPS) is 11.3. The lowest BCUT2D eigenvalue weighted by atomic mass is 10.2. The van der Waals surface area contributed by atoms with Crippen LogP contribution in [-0.2, 0) is 17.9 Å². The molecule has 1 heterocycles. The van der Waals surface area contributed by atoms with E-state index in [1.807, 2.05) is 52.0 Å². The van der Waals surface area contributed by atoms with E-state index >= 15 is 0 Å². The molecule has 2 rings (SSSR count). The van der Waals surface area contributed by atoms with Crippen LogP contribution in [0.1, 0.15) is 49.6 Å². The molecule has 0 bridgehead atoms. The highest BCUT2D eigenvalue weighted by molar-refractivity contribution is 5.90. The maximum Gasteiger partial charge on any atom is 0.224 e. The van der Waals surface area contributed by atoms with Crippen LogP contribution in [0.25, 0.3) is 0 Å². The van der Waals surface area contributed by atoms with E-state index in [2.05, 4.69) is 25.9 Å². The van der Waals surface area contributed by atoms with E-state index in [-0.39, 0.29) is 5.91 Å². The molecule has 7 nitrogen and oxygen atoms in total. The van der Waals surface area contributed by atoms with Gasteiger partial charge in [-0.1, -0.05) is 19.1 Å². The summed E-state index contributed by atoms with van der Waals surface area (Å²) in [5.41, 5.74) is 2.71. The quantitative estimate of drug-likeness (QED) is 0.489.